The van der Waals surface area contributed by atoms with E-state index >= 15 is 0 Å². The molecule has 0 aromatic heterocycles. The van der Waals surface area contributed by atoms with Gasteiger partial charge in [-0.15, -0.1) is 0 Å². The molecule has 0 bridgehead atoms. The molecule has 7 nitrogen and oxygen atoms in total. The highest BCUT2D eigenvalue weighted by molar-refractivity contribution is 6.04. The van der Waals surface area contributed by atoms with Gasteiger partial charge in [0.15, 0.2) is 11.5 Å². The van der Waals surface area contributed by atoms with Crippen LogP contribution in [0.5, 0.6) is 11.5 Å². The normalized spacial score (nSPS) is 19.9. The Hall–Kier alpha value is -3.06. The third kappa shape index (κ3) is 4.41. The number of ether oxygens (including phenoxy) is 2. The summed E-state index contributed by atoms with van der Waals surface area (Å²) in [6.45, 7) is 2.29. The predicted octanol–water partition coefficient (Wildman–Crippen LogP) is 3.29. The van der Waals surface area contributed by atoms with Crippen molar-refractivity contribution in [1.29, 1.82) is 0 Å². The van der Waals surface area contributed by atoms with E-state index in [1.54, 1.807) is 25.1 Å². The number of anilines is 1. The minimum atomic E-state index is -0.223. The third-order valence-electron chi connectivity index (χ3n) is 5.79. The number of fused-ring (bicyclic) bond motifs is 1. The molecule has 4 rings (SSSR count). The van der Waals surface area contributed by atoms with Gasteiger partial charge in [0.1, 0.15) is 0 Å². The van der Waals surface area contributed by atoms with E-state index in [1.807, 2.05) is 29.2 Å². The van der Waals surface area contributed by atoms with Gasteiger partial charge >= 0.3 is 0 Å². The summed E-state index contributed by atoms with van der Waals surface area (Å²) in [5.41, 5.74) is 8.47. The van der Waals surface area contributed by atoms with Crippen molar-refractivity contribution in [3.8, 4) is 11.5 Å². The van der Waals surface area contributed by atoms with E-state index in [1.165, 1.54) is 0 Å². The molecule has 2 atom stereocenters. The Balaban J connectivity index is 1.40. The molecule has 1 aliphatic heterocycles. The number of amides is 2. The number of benzene rings is 2. The molecule has 2 amide bonds. The van der Waals surface area contributed by atoms with E-state index in [0.29, 0.717) is 29.3 Å². The second-order valence-electron chi connectivity index (χ2n) is 7.88. The molecule has 2 aromatic rings. The number of carbonyl (C=O) groups excluding carboxylic acids is 2. The highest BCUT2D eigenvalue weighted by atomic mass is 16.7. The number of carbonyl (C=O) groups is 2. The van der Waals surface area contributed by atoms with Crippen LogP contribution < -0.4 is 20.5 Å². The van der Waals surface area contributed by atoms with Gasteiger partial charge in [0.2, 0.25) is 12.7 Å². The van der Waals surface area contributed by atoms with Crippen molar-refractivity contribution in [3.05, 3.63) is 53.6 Å². The highest BCUT2D eigenvalue weighted by Gasteiger charge is 2.29. The van der Waals surface area contributed by atoms with Crippen molar-refractivity contribution in [3.63, 3.8) is 0 Å². The minimum absolute atomic E-state index is 0.0305. The Morgan fingerprint density at radius 2 is 1.80 bits per heavy atom. The van der Waals surface area contributed by atoms with Gasteiger partial charge < -0.3 is 25.4 Å². The number of hydrogen-bond donors (Lipinski definition) is 2. The van der Waals surface area contributed by atoms with E-state index in [4.69, 9.17) is 15.2 Å². The van der Waals surface area contributed by atoms with Crippen molar-refractivity contribution < 1.29 is 19.1 Å². The fraction of sp³-hybridized carbons (Fsp3) is 0.391. The lowest BCUT2D eigenvalue weighted by Crippen LogP contribution is -2.50. The van der Waals surface area contributed by atoms with Crippen LogP contribution in [0.2, 0.25) is 0 Å². The van der Waals surface area contributed by atoms with Crippen LogP contribution in [0.25, 0.3) is 0 Å². The maximum atomic E-state index is 12.5. The molecule has 1 fully saturated rings. The van der Waals surface area contributed by atoms with Crippen LogP contribution in [-0.2, 0) is 11.3 Å². The van der Waals surface area contributed by atoms with E-state index in [0.717, 1.165) is 31.2 Å². The van der Waals surface area contributed by atoms with Crippen LogP contribution >= 0.6 is 0 Å². The summed E-state index contributed by atoms with van der Waals surface area (Å²) in [6, 6.07) is 12.8. The summed E-state index contributed by atoms with van der Waals surface area (Å²) in [7, 11) is 0. The van der Waals surface area contributed by atoms with Crippen molar-refractivity contribution in [2.24, 2.45) is 5.73 Å². The summed E-state index contributed by atoms with van der Waals surface area (Å²) in [6.07, 6.45) is 4.14. The van der Waals surface area contributed by atoms with Gasteiger partial charge in [-0.25, -0.2) is 0 Å². The van der Waals surface area contributed by atoms with Gasteiger partial charge in [-0.05, 0) is 48.7 Å². The lowest BCUT2D eigenvalue weighted by atomic mass is 9.89. The van der Waals surface area contributed by atoms with Crippen molar-refractivity contribution in [2.75, 3.05) is 12.1 Å². The molecule has 0 radical (unpaired) electrons. The predicted molar refractivity (Wildman–Crippen MR) is 113 cm³/mol. The summed E-state index contributed by atoms with van der Waals surface area (Å²) in [5, 5.41) is 2.89. The Morgan fingerprint density at radius 1 is 1.07 bits per heavy atom. The molecule has 7 heteroatoms. The summed E-state index contributed by atoms with van der Waals surface area (Å²) < 4.78 is 10.6. The average Bonchev–Trinajstić information content (AvgIpc) is 3.21. The quantitative estimate of drug-likeness (QED) is 0.790. The van der Waals surface area contributed by atoms with Crippen LogP contribution in [-0.4, -0.2) is 35.6 Å². The summed E-state index contributed by atoms with van der Waals surface area (Å²) in [5.74, 6) is 1.03. The molecule has 2 aliphatic rings. The lowest BCUT2D eigenvalue weighted by molar-refractivity contribution is -0.133. The molecule has 30 heavy (non-hydrogen) atoms. The largest absolute Gasteiger partial charge is 0.454 e. The monoisotopic (exact) mass is 409 g/mol. The van der Waals surface area contributed by atoms with Crippen molar-refractivity contribution in [1.82, 2.24) is 4.90 Å². The second kappa shape index (κ2) is 8.75. The highest BCUT2D eigenvalue weighted by Crippen LogP contribution is 2.32. The first-order valence-electron chi connectivity index (χ1n) is 10.3. The molecule has 3 N–H and O–H groups in total. The van der Waals surface area contributed by atoms with Crippen molar-refractivity contribution >= 4 is 17.5 Å². The first-order valence-corrected chi connectivity index (χ1v) is 10.3. The molecule has 1 heterocycles. The smallest absolute Gasteiger partial charge is 0.255 e. The third-order valence-corrected chi connectivity index (χ3v) is 5.79. The molecule has 2 unspecified atom stereocenters. The standard InChI is InChI=1S/C23H27N3O4/c1-15(27)26(20-5-3-2-4-19(20)24)13-16-6-9-18(10-7-16)25-23(28)17-8-11-21-22(12-17)30-14-29-21/h6-12,19-20H,2-5,13-14,24H2,1H3,(H,25,28). The Labute approximate surface area is 176 Å². The Bertz CT molecular complexity index is 929. The van der Waals surface area contributed by atoms with E-state index in [-0.39, 0.29) is 30.7 Å². The van der Waals surface area contributed by atoms with Gasteiger partial charge in [0, 0.05) is 36.8 Å². The summed E-state index contributed by atoms with van der Waals surface area (Å²) >= 11 is 0. The number of nitrogens with two attached hydrogens (primary N) is 1. The average molecular weight is 409 g/mol. The zero-order valence-corrected chi connectivity index (χ0v) is 17.1. The van der Waals surface area contributed by atoms with Crippen molar-refractivity contribution in [2.45, 2.75) is 51.2 Å². The lowest BCUT2D eigenvalue weighted by Gasteiger charge is -2.38. The molecule has 2 aromatic carbocycles. The van der Waals surface area contributed by atoms with Gasteiger partial charge in [-0.2, -0.15) is 0 Å². The molecule has 158 valence electrons. The number of nitrogens with zero attached hydrogens (tertiary/aromatic N) is 1. The van der Waals surface area contributed by atoms with E-state index in [2.05, 4.69) is 5.32 Å². The zero-order chi connectivity index (χ0) is 21.1. The van der Waals surface area contributed by atoms with E-state index < -0.39 is 0 Å². The first-order chi connectivity index (χ1) is 14.5. The fourth-order valence-corrected chi connectivity index (χ4v) is 4.12. The Morgan fingerprint density at radius 3 is 2.53 bits per heavy atom. The first kappa shape index (κ1) is 20.2. The molecule has 0 spiro atoms. The molecular weight excluding hydrogens is 382 g/mol. The van der Waals surface area contributed by atoms with Crippen LogP contribution in [0.15, 0.2) is 42.5 Å². The number of nitrogens with one attached hydrogen (secondary N) is 1. The molecule has 1 aliphatic carbocycles. The van der Waals surface area contributed by atoms with Crippen LogP contribution in [0, 0.1) is 0 Å². The molecular formula is C23H27N3O4. The maximum absolute atomic E-state index is 12.5. The second-order valence-corrected chi connectivity index (χ2v) is 7.88. The zero-order valence-electron chi connectivity index (χ0n) is 17.1. The SMILES string of the molecule is CC(=O)N(Cc1ccc(NC(=O)c2ccc3c(c2)OCO3)cc1)C1CCCCC1N. The maximum Gasteiger partial charge on any atom is 0.255 e. The van der Waals surface area contributed by atoms with Crippen LogP contribution in [0.1, 0.15) is 48.5 Å². The summed E-state index contributed by atoms with van der Waals surface area (Å²) in [4.78, 5) is 26.7. The van der Waals surface area contributed by atoms with Crippen LogP contribution in [0.3, 0.4) is 0 Å². The van der Waals surface area contributed by atoms with Gasteiger partial charge in [-0.3, -0.25) is 9.59 Å². The number of rotatable bonds is 5. The fourth-order valence-electron chi connectivity index (χ4n) is 4.12. The van der Waals surface area contributed by atoms with Gasteiger partial charge in [-0.1, -0.05) is 25.0 Å². The Kier molecular flexibility index (Phi) is 5.90. The molecule has 1 saturated carbocycles. The number of hydrogen-bond acceptors (Lipinski definition) is 5. The van der Waals surface area contributed by atoms with Crippen LogP contribution in [0.4, 0.5) is 5.69 Å². The van der Waals surface area contributed by atoms with Gasteiger partial charge in [0.25, 0.3) is 5.91 Å². The topological polar surface area (TPSA) is 93.9 Å². The molecule has 0 saturated heterocycles. The van der Waals surface area contributed by atoms with Gasteiger partial charge in [0.05, 0.1) is 0 Å². The van der Waals surface area contributed by atoms with E-state index in [9.17, 15) is 9.59 Å². The minimum Gasteiger partial charge on any atom is -0.454 e.